The minimum atomic E-state index is -3.92. The van der Waals surface area contributed by atoms with Gasteiger partial charge in [-0.15, -0.1) is 0 Å². The third-order valence-electron chi connectivity index (χ3n) is 5.75. The molecule has 1 aliphatic rings. The number of sulfonamides is 1. The van der Waals surface area contributed by atoms with E-state index >= 15 is 0 Å². The van der Waals surface area contributed by atoms with Gasteiger partial charge in [-0.1, -0.05) is 23.8 Å². The molecule has 4 rings (SSSR count). The van der Waals surface area contributed by atoms with Crippen molar-refractivity contribution in [3.63, 3.8) is 0 Å². The number of Topliss-reactive ketones (excluding diaryl/α,β-unsaturated/α-hetero) is 1. The van der Waals surface area contributed by atoms with Crippen LogP contribution in [-0.4, -0.2) is 42.7 Å². The number of hydrogen-bond donors (Lipinski definition) is 1. The van der Waals surface area contributed by atoms with Gasteiger partial charge in [0.2, 0.25) is 10.0 Å². The van der Waals surface area contributed by atoms with Crippen LogP contribution in [0.15, 0.2) is 58.2 Å². The van der Waals surface area contributed by atoms with Crippen molar-refractivity contribution in [1.82, 2.24) is 9.29 Å². The summed E-state index contributed by atoms with van der Waals surface area (Å²) in [5.74, 6) is -0.136. The molecule has 32 heavy (non-hydrogen) atoms. The van der Waals surface area contributed by atoms with Gasteiger partial charge in [0.05, 0.1) is 11.0 Å². The van der Waals surface area contributed by atoms with Crippen LogP contribution in [0.1, 0.15) is 41.3 Å². The highest BCUT2D eigenvalue weighted by molar-refractivity contribution is 7.89. The number of rotatable bonds is 7. The zero-order chi connectivity index (χ0) is 22.9. The quantitative estimate of drug-likeness (QED) is 0.552. The monoisotopic (exact) mass is 454 g/mol. The molecule has 8 heteroatoms. The van der Waals surface area contributed by atoms with Gasteiger partial charge < -0.3 is 9.72 Å². The van der Waals surface area contributed by atoms with Gasteiger partial charge in [-0.05, 0) is 62.4 Å². The smallest absolute Gasteiger partial charge is 0.252 e. The number of ketones is 1. The fourth-order valence-corrected chi connectivity index (χ4v) is 5.40. The first-order valence-corrected chi connectivity index (χ1v) is 12.0. The number of aromatic nitrogens is 1. The van der Waals surface area contributed by atoms with E-state index in [1.54, 1.807) is 6.07 Å². The first-order valence-electron chi connectivity index (χ1n) is 10.6. The number of aromatic amines is 1. The van der Waals surface area contributed by atoms with Gasteiger partial charge >= 0.3 is 0 Å². The second-order valence-electron chi connectivity index (χ2n) is 8.23. The number of H-pyrrole nitrogens is 1. The zero-order valence-corrected chi connectivity index (χ0v) is 18.9. The van der Waals surface area contributed by atoms with Crippen molar-refractivity contribution in [2.45, 2.75) is 44.2 Å². The highest BCUT2D eigenvalue weighted by atomic mass is 32.2. The van der Waals surface area contributed by atoms with Crippen molar-refractivity contribution in [2.75, 3.05) is 13.2 Å². The number of nitrogens with one attached hydrogen (secondary N) is 1. The third-order valence-corrected chi connectivity index (χ3v) is 7.58. The standard InChI is InChI=1S/C24H26N2O5S/c1-16-5-10-23-19(12-16)13-20(24(28)25-23)14-26(15-21-4-3-11-31-21)32(29,30)22-8-6-18(7-9-22)17(2)27/h5-10,12-13,21H,3-4,11,14-15H2,1-2H3,(H,25,28)/t21-/m0/s1. The average molecular weight is 455 g/mol. The predicted octanol–water partition coefficient (Wildman–Crippen LogP) is 3.41. The number of ether oxygens (including phenoxy) is 1. The Labute approximate surface area is 187 Å². The molecule has 0 amide bonds. The van der Waals surface area contributed by atoms with Crippen LogP contribution >= 0.6 is 0 Å². The summed E-state index contributed by atoms with van der Waals surface area (Å²) in [5, 5.41) is 0.847. The van der Waals surface area contributed by atoms with E-state index in [1.807, 2.05) is 25.1 Å². The number of fused-ring (bicyclic) bond motifs is 1. The van der Waals surface area contributed by atoms with Gasteiger partial charge in [0.25, 0.3) is 5.56 Å². The summed E-state index contributed by atoms with van der Waals surface area (Å²) in [5.41, 5.74) is 2.24. The fraction of sp³-hybridized carbons (Fsp3) is 0.333. The van der Waals surface area contributed by atoms with Crippen molar-refractivity contribution in [3.05, 3.63) is 75.6 Å². The Morgan fingerprint density at radius 3 is 2.56 bits per heavy atom. The molecular weight excluding hydrogens is 428 g/mol. The summed E-state index contributed by atoms with van der Waals surface area (Å²) in [6, 6.07) is 13.3. The Balaban J connectivity index is 1.72. The predicted molar refractivity (Wildman–Crippen MR) is 122 cm³/mol. The van der Waals surface area contributed by atoms with E-state index in [-0.39, 0.29) is 35.4 Å². The first-order chi connectivity index (χ1) is 15.2. The van der Waals surface area contributed by atoms with E-state index in [2.05, 4.69) is 4.98 Å². The summed E-state index contributed by atoms with van der Waals surface area (Å²) in [7, 11) is -3.92. The van der Waals surface area contributed by atoms with Crippen LogP contribution in [0.4, 0.5) is 0 Å². The maximum Gasteiger partial charge on any atom is 0.252 e. The number of carbonyl (C=O) groups is 1. The molecule has 0 bridgehead atoms. The van der Waals surface area contributed by atoms with Gasteiger partial charge in [-0.3, -0.25) is 9.59 Å². The van der Waals surface area contributed by atoms with Crippen molar-refractivity contribution >= 4 is 26.7 Å². The molecule has 1 fully saturated rings. The fourth-order valence-electron chi connectivity index (χ4n) is 3.95. The minimum absolute atomic E-state index is 0.0735. The summed E-state index contributed by atoms with van der Waals surface area (Å²) < 4.78 is 34.0. The lowest BCUT2D eigenvalue weighted by molar-refractivity contribution is 0.0925. The lowest BCUT2D eigenvalue weighted by atomic mass is 10.1. The van der Waals surface area contributed by atoms with E-state index in [9.17, 15) is 18.0 Å². The molecule has 1 N–H and O–H groups in total. The van der Waals surface area contributed by atoms with Crippen LogP contribution < -0.4 is 5.56 Å². The van der Waals surface area contributed by atoms with Crippen LogP contribution in [0.25, 0.3) is 10.9 Å². The molecule has 1 saturated heterocycles. The number of hydrogen-bond acceptors (Lipinski definition) is 5. The molecule has 168 valence electrons. The topological polar surface area (TPSA) is 96.5 Å². The van der Waals surface area contributed by atoms with E-state index in [1.165, 1.54) is 35.5 Å². The lowest BCUT2D eigenvalue weighted by Crippen LogP contribution is -2.38. The minimum Gasteiger partial charge on any atom is -0.377 e. The number of aryl methyl sites for hydroxylation is 1. The Morgan fingerprint density at radius 1 is 1.16 bits per heavy atom. The van der Waals surface area contributed by atoms with E-state index < -0.39 is 10.0 Å². The van der Waals surface area contributed by atoms with Crippen LogP contribution in [0.3, 0.4) is 0 Å². The molecule has 0 saturated carbocycles. The molecule has 0 spiro atoms. The van der Waals surface area contributed by atoms with Crippen LogP contribution in [0.2, 0.25) is 0 Å². The van der Waals surface area contributed by atoms with Crippen molar-refractivity contribution in [3.8, 4) is 0 Å². The molecule has 0 aliphatic carbocycles. The maximum absolute atomic E-state index is 13.5. The van der Waals surface area contributed by atoms with Gasteiger partial charge in [-0.2, -0.15) is 4.31 Å². The highest BCUT2D eigenvalue weighted by Gasteiger charge is 2.30. The molecule has 0 unspecified atom stereocenters. The Bertz CT molecular complexity index is 1310. The van der Waals surface area contributed by atoms with Gasteiger partial charge in [0.15, 0.2) is 5.78 Å². The molecule has 3 aromatic rings. The molecule has 1 aliphatic heterocycles. The van der Waals surface area contributed by atoms with E-state index in [4.69, 9.17) is 4.74 Å². The summed E-state index contributed by atoms with van der Waals surface area (Å²) >= 11 is 0. The molecule has 1 atom stereocenters. The number of pyridine rings is 1. The molecule has 2 aromatic carbocycles. The molecule has 7 nitrogen and oxygen atoms in total. The Morgan fingerprint density at radius 2 is 1.91 bits per heavy atom. The van der Waals surface area contributed by atoms with Gasteiger partial charge in [0.1, 0.15) is 0 Å². The van der Waals surface area contributed by atoms with Crippen LogP contribution in [-0.2, 0) is 21.3 Å². The largest absolute Gasteiger partial charge is 0.377 e. The normalized spacial score (nSPS) is 16.7. The lowest BCUT2D eigenvalue weighted by Gasteiger charge is -2.25. The molecule has 0 radical (unpaired) electrons. The Kier molecular flexibility index (Phi) is 6.28. The van der Waals surface area contributed by atoms with Crippen molar-refractivity contribution in [2.24, 2.45) is 0 Å². The average Bonchev–Trinajstić information content (AvgIpc) is 3.27. The summed E-state index contributed by atoms with van der Waals surface area (Å²) in [4.78, 5) is 27.2. The molecule has 1 aromatic heterocycles. The number of carbonyl (C=O) groups excluding carboxylic acids is 1. The van der Waals surface area contributed by atoms with Gasteiger partial charge in [-0.25, -0.2) is 8.42 Å². The molecule has 2 heterocycles. The van der Waals surface area contributed by atoms with Crippen molar-refractivity contribution in [1.29, 1.82) is 0 Å². The van der Waals surface area contributed by atoms with E-state index in [0.717, 1.165) is 23.8 Å². The summed E-state index contributed by atoms with van der Waals surface area (Å²) in [6.45, 7) is 4.07. The molecular formula is C24H26N2O5S. The second-order valence-corrected chi connectivity index (χ2v) is 10.2. The Hall–Kier alpha value is -2.81. The second kappa shape index (κ2) is 8.97. The number of benzene rings is 2. The number of nitrogens with zero attached hydrogens (tertiary/aromatic N) is 1. The van der Waals surface area contributed by atoms with Crippen LogP contribution in [0, 0.1) is 6.92 Å². The zero-order valence-electron chi connectivity index (χ0n) is 18.1. The maximum atomic E-state index is 13.5. The third kappa shape index (κ3) is 4.67. The van der Waals surface area contributed by atoms with Crippen molar-refractivity contribution < 1.29 is 17.9 Å². The summed E-state index contributed by atoms with van der Waals surface area (Å²) in [6.07, 6.45) is 1.42. The van der Waals surface area contributed by atoms with E-state index in [0.29, 0.717) is 23.3 Å². The van der Waals surface area contributed by atoms with Crippen LogP contribution in [0.5, 0.6) is 0 Å². The van der Waals surface area contributed by atoms with Gasteiger partial charge in [0, 0.05) is 36.3 Å². The SMILES string of the molecule is CC(=O)c1ccc(S(=O)(=O)N(Cc2cc3cc(C)ccc3[nH]c2=O)C[C@@H]2CCCO2)cc1. The highest BCUT2D eigenvalue weighted by Crippen LogP contribution is 2.23. The first kappa shape index (κ1) is 22.4.